The number of rotatable bonds is 3. The SMILES string of the molecule is CCOC(=O)NS(=O)(=O)c1cccc(C)c1. The van der Waals surface area contributed by atoms with E-state index in [1.165, 1.54) is 12.1 Å². The van der Waals surface area contributed by atoms with Crippen LogP contribution < -0.4 is 4.72 Å². The maximum atomic E-state index is 11.7. The summed E-state index contributed by atoms with van der Waals surface area (Å²) in [5.74, 6) is 0. The molecule has 0 unspecified atom stereocenters. The molecule has 0 spiro atoms. The van der Waals surface area contributed by atoms with Gasteiger partial charge in [0, 0.05) is 0 Å². The van der Waals surface area contributed by atoms with Gasteiger partial charge in [-0.1, -0.05) is 12.1 Å². The first-order valence-corrected chi connectivity index (χ1v) is 6.20. The minimum absolute atomic E-state index is 0.0422. The fourth-order valence-corrected chi connectivity index (χ4v) is 2.11. The first-order valence-electron chi connectivity index (χ1n) is 4.72. The molecule has 0 heterocycles. The highest BCUT2D eigenvalue weighted by atomic mass is 32.2. The van der Waals surface area contributed by atoms with E-state index in [0.717, 1.165) is 5.56 Å². The normalized spacial score (nSPS) is 10.9. The zero-order valence-electron chi connectivity index (χ0n) is 9.06. The lowest BCUT2D eigenvalue weighted by Crippen LogP contribution is -2.31. The predicted octanol–water partition coefficient (Wildman–Crippen LogP) is 1.43. The number of benzene rings is 1. The maximum absolute atomic E-state index is 11.7. The molecule has 0 saturated heterocycles. The number of carbonyl (C=O) groups excluding carboxylic acids is 1. The van der Waals surface area contributed by atoms with Gasteiger partial charge in [-0.15, -0.1) is 0 Å². The molecule has 1 aromatic rings. The summed E-state index contributed by atoms with van der Waals surface area (Å²) in [6.45, 7) is 3.48. The molecule has 1 N–H and O–H groups in total. The van der Waals surface area contributed by atoms with E-state index in [2.05, 4.69) is 4.74 Å². The lowest BCUT2D eigenvalue weighted by Gasteiger charge is -2.06. The molecule has 6 heteroatoms. The summed E-state index contributed by atoms with van der Waals surface area (Å²) < 4.78 is 29.6. The number of sulfonamides is 1. The van der Waals surface area contributed by atoms with Crippen LogP contribution in [0.1, 0.15) is 12.5 Å². The van der Waals surface area contributed by atoms with Crippen molar-refractivity contribution in [3.8, 4) is 0 Å². The van der Waals surface area contributed by atoms with Crippen molar-refractivity contribution in [3.05, 3.63) is 29.8 Å². The number of aryl methyl sites for hydroxylation is 1. The third kappa shape index (κ3) is 3.23. The van der Waals surface area contributed by atoms with Crippen molar-refractivity contribution in [3.63, 3.8) is 0 Å². The summed E-state index contributed by atoms with van der Waals surface area (Å²) in [4.78, 5) is 11.0. The minimum Gasteiger partial charge on any atom is -0.449 e. The molecule has 1 aromatic carbocycles. The van der Waals surface area contributed by atoms with Crippen molar-refractivity contribution in [2.75, 3.05) is 6.61 Å². The topological polar surface area (TPSA) is 72.5 Å². The molecule has 0 fully saturated rings. The average Bonchev–Trinajstić information content (AvgIpc) is 2.17. The molecule has 5 nitrogen and oxygen atoms in total. The maximum Gasteiger partial charge on any atom is 0.421 e. The van der Waals surface area contributed by atoms with Crippen LogP contribution in [0.15, 0.2) is 29.2 Å². The lowest BCUT2D eigenvalue weighted by atomic mass is 10.2. The molecule has 0 aliphatic heterocycles. The van der Waals surface area contributed by atoms with E-state index >= 15 is 0 Å². The van der Waals surface area contributed by atoms with Gasteiger partial charge < -0.3 is 4.74 Å². The van der Waals surface area contributed by atoms with Crippen LogP contribution >= 0.6 is 0 Å². The van der Waals surface area contributed by atoms with E-state index in [-0.39, 0.29) is 11.5 Å². The van der Waals surface area contributed by atoms with Crippen LogP contribution in [-0.2, 0) is 14.8 Å². The number of ether oxygens (including phenoxy) is 1. The number of hydrogen-bond donors (Lipinski definition) is 1. The largest absolute Gasteiger partial charge is 0.449 e. The van der Waals surface area contributed by atoms with Crippen molar-refractivity contribution >= 4 is 16.1 Å². The van der Waals surface area contributed by atoms with Crippen molar-refractivity contribution in [1.82, 2.24) is 4.72 Å². The van der Waals surface area contributed by atoms with E-state index < -0.39 is 16.1 Å². The first kappa shape index (κ1) is 12.5. The Morgan fingerprint density at radius 1 is 1.44 bits per heavy atom. The Kier molecular flexibility index (Phi) is 3.89. The van der Waals surface area contributed by atoms with Crippen molar-refractivity contribution in [2.45, 2.75) is 18.7 Å². The highest BCUT2D eigenvalue weighted by Crippen LogP contribution is 2.10. The Morgan fingerprint density at radius 2 is 2.12 bits per heavy atom. The first-order chi connectivity index (χ1) is 7.45. The van der Waals surface area contributed by atoms with Gasteiger partial charge in [-0.3, -0.25) is 0 Å². The average molecular weight is 243 g/mol. The van der Waals surface area contributed by atoms with Gasteiger partial charge in [-0.25, -0.2) is 17.9 Å². The molecule has 0 saturated carbocycles. The Balaban J connectivity index is 2.90. The molecular formula is C10H13NO4S. The van der Waals surface area contributed by atoms with E-state index in [1.54, 1.807) is 26.0 Å². The van der Waals surface area contributed by atoms with Crippen molar-refractivity contribution < 1.29 is 17.9 Å². The Labute approximate surface area is 94.5 Å². The zero-order chi connectivity index (χ0) is 12.2. The molecular weight excluding hydrogens is 230 g/mol. The van der Waals surface area contributed by atoms with Gasteiger partial charge in [0.15, 0.2) is 0 Å². The highest BCUT2D eigenvalue weighted by molar-refractivity contribution is 7.90. The number of carbonyl (C=O) groups is 1. The van der Waals surface area contributed by atoms with E-state index in [9.17, 15) is 13.2 Å². The van der Waals surface area contributed by atoms with Crippen LogP contribution in [0.5, 0.6) is 0 Å². The van der Waals surface area contributed by atoms with E-state index in [0.29, 0.717) is 0 Å². The van der Waals surface area contributed by atoms with Crippen LogP contribution in [0, 0.1) is 6.92 Å². The summed E-state index contributed by atoms with van der Waals surface area (Å²) in [6, 6.07) is 6.26. The summed E-state index contributed by atoms with van der Waals surface area (Å²) in [7, 11) is -3.83. The molecule has 0 bridgehead atoms. The Morgan fingerprint density at radius 3 is 2.69 bits per heavy atom. The van der Waals surface area contributed by atoms with Gasteiger partial charge >= 0.3 is 6.09 Å². The van der Waals surface area contributed by atoms with Crippen molar-refractivity contribution in [1.29, 1.82) is 0 Å². The van der Waals surface area contributed by atoms with E-state index in [4.69, 9.17) is 0 Å². The second kappa shape index (κ2) is 4.98. The molecule has 0 atom stereocenters. The Bertz CT molecular complexity index is 481. The van der Waals surface area contributed by atoms with Gasteiger partial charge in [0.2, 0.25) is 0 Å². The lowest BCUT2D eigenvalue weighted by molar-refractivity contribution is 0.158. The van der Waals surface area contributed by atoms with Crippen LogP contribution in [-0.4, -0.2) is 21.1 Å². The number of nitrogens with one attached hydrogen (secondary N) is 1. The molecule has 1 rings (SSSR count). The summed E-state index contributed by atoms with van der Waals surface area (Å²) in [5, 5.41) is 0. The van der Waals surface area contributed by atoms with Crippen LogP contribution in [0.2, 0.25) is 0 Å². The number of hydrogen-bond acceptors (Lipinski definition) is 4. The molecule has 88 valence electrons. The van der Waals surface area contributed by atoms with Gasteiger partial charge in [-0.05, 0) is 31.5 Å². The molecule has 0 radical (unpaired) electrons. The minimum atomic E-state index is -3.83. The van der Waals surface area contributed by atoms with Crippen LogP contribution in [0.3, 0.4) is 0 Å². The van der Waals surface area contributed by atoms with Gasteiger partial charge in [0.25, 0.3) is 10.0 Å². The fourth-order valence-electron chi connectivity index (χ4n) is 1.11. The third-order valence-corrected chi connectivity index (χ3v) is 3.10. The molecule has 1 amide bonds. The smallest absolute Gasteiger partial charge is 0.421 e. The quantitative estimate of drug-likeness (QED) is 0.871. The molecule has 16 heavy (non-hydrogen) atoms. The van der Waals surface area contributed by atoms with Crippen LogP contribution in [0.4, 0.5) is 4.79 Å². The molecule has 0 aromatic heterocycles. The van der Waals surface area contributed by atoms with Gasteiger partial charge in [0.1, 0.15) is 0 Å². The second-order valence-electron chi connectivity index (χ2n) is 3.14. The Hall–Kier alpha value is -1.56. The standard InChI is InChI=1S/C10H13NO4S/c1-3-15-10(12)11-16(13,14)9-6-4-5-8(2)7-9/h4-7H,3H2,1-2H3,(H,11,12). The zero-order valence-corrected chi connectivity index (χ0v) is 9.87. The predicted molar refractivity (Wildman–Crippen MR) is 58.5 cm³/mol. The number of amides is 1. The second-order valence-corrected chi connectivity index (χ2v) is 4.82. The summed E-state index contributed by atoms with van der Waals surface area (Å²) >= 11 is 0. The monoisotopic (exact) mass is 243 g/mol. The fraction of sp³-hybridized carbons (Fsp3) is 0.300. The third-order valence-electron chi connectivity index (χ3n) is 1.79. The van der Waals surface area contributed by atoms with Gasteiger partial charge in [-0.2, -0.15) is 0 Å². The van der Waals surface area contributed by atoms with Crippen LogP contribution in [0.25, 0.3) is 0 Å². The molecule has 0 aliphatic rings. The molecule has 0 aliphatic carbocycles. The van der Waals surface area contributed by atoms with Gasteiger partial charge in [0.05, 0.1) is 11.5 Å². The van der Waals surface area contributed by atoms with E-state index in [1.807, 2.05) is 4.72 Å². The highest BCUT2D eigenvalue weighted by Gasteiger charge is 2.17. The van der Waals surface area contributed by atoms with Crippen molar-refractivity contribution in [2.24, 2.45) is 0 Å². The summed E-state index contributed by atoms with van der Waals surface area (Å²) in [5.41, 5.74) is 0.798. The summed E-state index contributed by atoms with van der Waals surface area (Å²) in [6.07, 6.45) is -0.969.